The molecule has 4 rings (SSSR count). The monoisotopic (exact) mass is 525 g/mol. The van der Waals surface area contributed by atoms with Gasteiger partial charge in [0.05, 0.1) is 12.7 Å². The predicted molar refractivity (Wildman–Crippen MR) is 168 cm³/mol. The molecule has 4 nitrogen and oxygen atoms in total. The Morgan fingerprint density at radius 3 is 2.13 bits per heavy atom. The maximum Gasteiger partial charge on any atom is 0.240 e. The maximum atomic E-state index is 12.6. The Hall–Kier alpha value is -2.43. The standard InChI is InChI=1S/C27H35N3O.C3H8.2C2H6.2H2/c1-19-15-23(17-24(19)21-11-7-3-4-8-12-21)28-18-26(31)29-25-16-20(2)27(30-25)22-13-9-5-6-10-14-22;1-3-2;2*1-2;;/h15-17,21-22,24-25,27-28,30H,3-7,9,11,13,18H2,1-2H3,(H,29,31);3H2,1-2H3;2*1-2H3;2*1H. The van der Waals surface area contributed by atoms with Gasteiger partial charge in [-0.1, -0.05) is 89.9 Å². The number of hydrogen-bond donors (Lipinski definition) is 3. The van der Waals surface area contributed by atoms with E-state index in [1.54, 1.807) is 0 Å². The Bertz CT molecular complexity index is 932. The van der Waals surface area contributed by atoms with Gasteiger partial charge >= 0.3 is 0 Å². The van der Waals surface area contributed by atoms with E-state index in [9.17, 15) is 4.79 Å². The van der Waals surface area contributed by atoms with Crippen LogP contribution in [0.3, 0.4) is 0 Å². The molecular formula is C34H59N3O. The highest BCUT2D eigenvalue weighted by atomic mass is 16.2. The lowest BCUT2D eigenvalue weighted by atomic mass is 9.86. The van der Waals surface area contributed by atoms with Gasteiger partial charge in [0, 0.05) is 45.2 Å². The van der Waals surface area contributed by atoms with Crippen molar-refractivity contribution in [2.45, 2.75) is 125 Å². The zero-order chi connectivity index (χ0) is 28.3. The molecule has 1 amide bonds. The van der Waals surface area contributed by atoms with E-state index in [2.05, 4.69) is 85.6 Å². The molecule has 216 valence electrons. The number of carbonyl (C=O) groups is 1. The van der Waals surface area contributed by atoms with Crippen LogP contribution in [0.25, 0.3) is 0 Å². The molecule has 0 fully saturated rings. The van der Waals surface area contributed by atoms with E-state index in [4.69, 9.17) is 0 Å². The van der Waals surface area contributed by atoms with Crippen LogP contribution in [0.5, 0.6) is 0 Å². The van der Waals surface area contributed by atoms with Gasteiger partial charge in [0.15, 0.2) is 0 Å². The topological polar surface area (TPSA) is 53.2 Å². The van der Waals surface area contributed by atoms with E-state index < -0.39 is 0 Å². The van der Waals surface area contributed by atoms with Crippen LogP contribution in [0.2, 0.25) is 0 Å². The largest absolute Gasteiger partial charge is 0.376 e. The average molecular weight is 526 g/mol. The first kappa shape index (κ1) is 33.6. The molecule has 5 atom stereocenters. The number of nitrogens with one attached hydrogen (secondary N) is 3. The predicted octanol–water partition coefficient (Wildman–Crippen LogP) is 7.74. The second-order valence-electron chi connectivity index (χ2n) is 10.0. The van der Waals surface area contributed by atoms with Crippen LogP contribution in [-0.2, 0) is 4.79 Å². The van der Waals surface area contributed by atoms with E-state index in [0.29, 0.717) is 17.8 Å². The van der Waals surface area contributed by atoms with E-state index >= 15 is 0 Å². The third-order valence-corrected chi connectivity index (χ3v) is 6.86. The van der Waals surface area contributed by atoms with Crippen molar-refractivity contribution >= 4 is 5.91 Å². The van der Waals surface area contributed by atoms with E-state index in [1.807, 2.05) is 27.7 Å². The van der Waals surface area contributed by atoms with Gasteiger partial charge in [0.25, 0.3) is 0 Å². The van der Waals surface area contributed by atoms with Crippen molar-refractivity contribution in [2.24, 2.45) is 17.8 Å². The fourth-order valence-electron chi connectivity index (χ4n) is 5.15. The van der Waals surface area contributed by atoms with Gasteiger partial charge in [-0.15, -0.1) is 11.8 Å². The van der Waals surface area contributed by atoms with Gasteiger partial charge in [-0.05, 0) is 51.7 Å². The molecule has 0 radical (unpaired) electrons. The van der Waals surface area contributed by atoms with Crippen LogP contribution in [-0.4, -0.2) is 24.7 Å². The molecule has 0 saturated carbocycles. The smallest absolute Gasteiger partial charge is 0.240 e. The maximum absolute atomic E-state index is 12.6. The van der Waals surface area contributed by atoms with Crippen molar-refractivity contribution in [3.05, 3.63) is 35.1 Å². The molecule has 1 heterocycles. The van der Waals surface area contributed by atoms with Crippen molar-refractivity contribution in [1.82, 2.24) is 16.0 Å². The highest BCUT2D eigenvalue weighted by Crippen LogP contribution is 2.33. The Morgan fingerprint density at radius 2 is 1.50 bits per heavy atom. The molecule has 0 spiro atoms. The lowest BCUT2D eigenvalue weighted by Gasteiger charge is -2.22. The van der Waals surface area contributed by atoms with Gasteiger partial charge in [0.1, 0.15) is 0 Å². The molecule has 0 aromatic carbocycles. The Labute approximate surface area is 237 Å². The number of allylic oxidation sites excluding steroid dienone is 3. The fraction of sp³-hybridized carbons (Fsp3) is 0.676. The van der Waals surface area contributed by atoms with Gasteiger partial charge in [-0.3, -0.25) is 10.1 Å². The molecular weight excluding hydrogens is 466 g/mol. The van der Waals surface area contributed by atoms with Crippen molar-refractivity contribution in [1.29, 1.82) is 0 Å². The minimum absolute atomic E-state index is 0. The molecule has 0 bridgehead atoms. The summed E-state index contributed by atoms with van der Waals surface area (Å²) in [6.07, 6.45) is 16.9. The second-order valence-corrected chi connectivity index (χ2v) is 10.0. The SMILES string of the molecule is CC.CC.CC1=CC(NCC(=O)NC2C=C(C)C(C3C#CCCCC3)N2)=CC1C1C#CCCCC1.CCC.[HH].[HH]. The number of rotatable bonds is 6. The molecule has 3 N–H and O–H groups in total. The summed E-state index contributed by atoms with van der Waals surface area (Å²) >= 11 is 0. The first-order valence-corrected chi connectivity index (χ1v) is 15.4. The molecule has 38 heavy (non-hydrogen) atoms. The van der Waals surface area contributed by atoms with E-state index in [1.165, 1.54) is 49.7 Å². The molecule has 3 aliphatic carbocycles. The minimum Gasteiger partial charge on any atom is -0.376 e. The number of carbonyl (C=O) groups excluding carboxylic acids is 1. The fourth-order valence-corrected chi connectivity index (χ4v) is 5.15. The zero-order valence-corrected chi connectivity index (χ0v) is 25.6. The highest BCUT2D eigenvalue weighted by Gasteiger charge is 2.30. The third-order valence-electron chi connectivity index (χ3n) is 6.86. The van der Waals surface area contributed by atoms with Gasteiger partial charge in [-0.2, -0.15) is 0 Å². The van der Waals surface area contributed by atoms with Crippen molar-refractivity contribution in [2.75, 3.05) is 6.54 Å². The lowest BCUT2D eigenvalue weighted by Crippen LogP contribution is -2.48. The summed E-state index contributed by atoms with van der Waals surface area (Å²) in [5, 5.41) is 9.99. The van der Waals surface area contributed by atoms with Crippen molar-refractivity contribution in [3.63, 3.8) is 0 Å². The number of amides is 1. The lowest BCUT2D eigenvalue weighted by molar-refractivity contribution is -0.120. The second kappa shape index (κ2) is 19.6. The molecule has 4 heteroatoms. The highest BCUT2D eigenvalue weighted by molar-refractivity contribution is 5.79. The van der Waals surface area contributed by atoms with Crippen molar-refractivity contribution < 1.29 is 7.65 Å². The van der Waals surface area contributed by atoms with E-state index in [-0.39, 0.29) is 27.5 Å². The van der Waals surface area contributed by atoms with Crippen molar-refractivity contribution in [3.8, 4) is 23.7 Å². The summed E-state index contributed by atoms with van der Waals surface area (Å²) in [6.45, 7) is 16.8. The Balaban J connectivity index is 0. The molecule has 0 saturated heterocycles. The average Bonchev–Trinajstić information content (AvgIpc) is 3.22. The normalized spacial score (nSPS) is 27.1. The van der Waals surface area contributed by atoms with Crippen LogP contribution in [0.15, 0.2) is 35.1 Å². The minimum atomic E-state index is -0.117. The first-order valence-electron chi connectivity index (χ1n) is 15.4. The molecule has 4 aliphatic rings. The summed E-state index contributed by atoms with van der Waals surface area (Å²) in [4.78, 5) is 12.6. The molecule has 5 unspecified atom stereocenters. The summed E-state index contributed by atoms with van der Waals surface area (Å²) in [5.74, 6) is 14.6. The molecule has 1 aliphatic heterocycles. The van der Waals surface area contributed by atoms with Crippen LogP contribution in [0, 0.1) is 41.4 Å². The molecule has 0 aromatic rings. The van der Waals surface area contributed by atoms with Gasteiger partial charge in [0.2, 0.25) is 5.91 Å². The Kier molecular flexibility index (Phi) is 17.3. The molecule has 0 aromatic heterocycles. The van der Waals surface area contributed by atoms with Gasteiger partial charge in [-0.25, -0.2) is 0 Å². The first-order chi connectivity index (χ1) is 18.5. The Morgan fingerprint density at radius 1 is 0.921 bits per heavy atom. The van der Waals surface area contributed by atoms with Gasteiger partial charge < -0.3 is 10.6 Å². The third kappa shape index (κ3) is 11.1. The van der Waals surface area contributed by atoms with Crippen LogP contribution in [0.4, 0.5) is 0 Å². The number of hydrogen-bond acceptors (Lipinski definition) is 3. The van der Waals surface area contributed by atoms with E-state index in [0.717, 1.165) is 25.0 Å². The summed E-state index contributed by atoms with van der Waals surface area (Å²) in [7, 11) is 0. The quantitative estimate of drug-likeness (QED) is 0.245. The summed E-state index contributed by atoms with van der Waals surface area (Å²) < 4.78 is 0. The zero-order valence-electron chi connectivity index (χ0n) is 25.6. The van der Waals surface area contributed by atoms with Crippen LogP contribution < -0.4 is 16.0 Å². The van der Waals surface area contributed by atoms with Crippen LogP contribution >= 0.6 is 0 Å². The van der Waals surface area contributed by atoms with Crippen LogP contribution in [0.1, 0.15) is 116 Å². The summed E-state index contributed by atoms with van der Waals surface area (Å²) in [5.41, 5.74) is 3.66. The summed E-state index contributed by atoms with van der Waals surface area (Å²) in [6, 6.07) is 0.244.